The van der Waals surface area contributed by atoms with Crippen molar-refractivity contribution < 1.29 is 4.79 Å². The average Bonchev–Trinajstić information content (AvgIpc) is 3.13. The van der Waals surface area contributed by atoms with E-state index in [9.17, 15) is 4.79 Å². The van der Waals surface area contributed by atoms with E-state index in [1.54, 1.807) is 0 Å². The molecule has 1 unspecified atom stereocenters. The quantitative estimate of drug-likeness (QED) is 0.682. The minimum atomic E-state index is -0.0267. The van der Waals surface area contributed by atoms with Crippen molar-refractivity contribution in [1.82, 2.24) is 9.88 Å². The molecule has 25 heavy (non-hydrogen) atoms. The Hall–Kier alpha value is -2.52. The maximum absolute atomic E-state index is 12.5. The van der Waals surface area contributed by atoms with E-state index in [4.69, 9.17) is 11.6 Å². The van der Waals surface area contributed by atoms with Gasteiger partial charge in [0.1, 0.15) is 0 Å². The van der Waals surface area contributed by atoms with Crippen LogP contribution in [0.2, 0.25) is 5.02 Å². The van der Waals surface area contributed by atoms with Crippen LogP contribution in [0.15, 0.2) is 73.1 Å². The second kappa shape index (κ2) is 8.04. The predicted octanol–water partition coefficient (Wildman–Crippen LogP) is 4.75. The van der Waals surface area contributed by atoms with Crippen LogP contribution >= 0.6 is 11.6 Å². The third-order valence-electron chi connectivity index (χ3n) is 4.23. The molecule has 0 spiro atoms. The smallest absolute Gasteiger partial charge is 0.222 e. The van der Waals surface area contributed by atoms with E-state index in [0.29, 0.717) is 18.0 Å². The minimum absolute atomic E-state index is 0.000117. The molecule has 0 aliphatic heterocycles. The molecule has 1 aromatic heterocycles. The number of benzene rings is 2. The van der Waals surface area contributed by atoms with Gasteiger partial charge >= 0.3 is 0 Å². The number of nitrogens with zero attached hydrogens (tertiary/aromatic N) is 1. The normalized spacial score (nSPS) is 11.9. The predicted molar refractivity (Wildman–Crippen MR) is 102 cm³/mol. The lowest BCUT2D eigenvalue weighted by Gasteiger charge is -2.20. The maximum Gasteiger partial charge on any atom is 0.222 e. The molecule has 0 aliphatic rings. The topological polar surface area (TPSA) is 34.0 Å². The Morgan fingerprint density at radius 2 is 1.84 bits per heavy atom. The van der Waals surface area contributed by atoms with Crippen LogP contribution in [0, 0.1) is 6.92 Å². The molecule has 3 nitrogen and oxygen atoms in total. The van der Waals surface area contributed by atoms with Crippen LogP contribution in [0.4, 0.5) is 0 Å². The molecule has 1 heterocycles. The molecule has 3 aromatic rings. The lowest BCUT2D eigenvalue weighted by molar-refractivity contribution is -0.121. The summed E-state index contributed by atoms with van der Waals surface area (Å²) in [6.07, 6.45) is 4.37. The van der Waals surface area contributed by atoms with E-state index in [0.717, 1.165) is 11.1 Å². The zero-order chi connectivity index (χ0) is 17.6. The number of carbonyl (C=O) groups is 1. The fourth-order valence-corrected chi connectivity index (χ4v) is 3.11. The lowest BCUT2D eigenvalue weighted by atomic mass is 10.0. The molecular formula is C21H21ClN2O. The summed E-state index contributed by atoms with van der Waals surface area (Å²) >= 11 is 6.15. The summed E-state index contributed by atoms with van der Waals surface area (Å²) in [4.78, 5) is 12.5. The van der Waals surface area contributed by atoms with E-state index < -0.39 is 0 Å². The molecular weight excluding hydrogens is 332 g/mol. The van der Waals surface area contributed by atoms with Crippen LogP contribution < -0.4 is 5.32 Å². The van der Waals surface area contributed by atoms with Gasteiger partial charge in [-0.1, -0.05) is 59.6 Å². The van der Waals surface area contributed by atoms with Gasteiger partial charge in [-0.2, -0.15) is 0 Å². The minimum Gasteiger partial charge on any atom is -0.352 e. The van der Waals surface area contributed by atoms with Crippen molar-refractivity contribution >= 4 is 17.5 Å². The van der Waals surface area contributed by atoms with Crippen molar-refractivity contribution in [3.8, 4) is 0 Å². The first kappa shape index (κ1) is 17.3. The van der Waals surface area contributed by atoms with Crippen LogP contribution in [-0.2, 0) is 11.3 Å². The molecule has 4 heteroatoms. The highest BCUT2D eigenvalue weighted by Crippen LogP contribution is 2.23. The van der Waals surface area contributed by atoms with Gasteiger partial charge in [0, 0.05) is 24.0 Å². The number of halogens is 1. The van der Waals surface area contributed by atoms with Gasteiger partial charge in [-0.3, -0.25) is 4.79 Å². The van der Waals surface area contributed by atoms with Gasteiger partial charge in [-0.25, -0.2) is 0 Å². The first-order valence-electron chi connectivity index (χ1n) is 8.32. The molecule has 1 atom stereocenters. The monoisotopic (exact) mass is 352 g/mol. The molecule has 3 rings (SSSR count). The summed E-state index contributed by atoms with van der Waals surface area (Å²) in [6, 6.07) is 19.8. The number of hydrogen-bond donors (Lipinski definition) is 1. The first-order valence-corrected chi connectivity index (χ1v) is 8.70. The number of aromatic nitrogens is 1. The fourth-order valence-electron chi connectivity index (χ4n) is 2.91. The number of nitrogens with one attached hydrogen (secondary N) is 1. The van der Waals surface area contributed by atoms with E-state index in [1.807, 2.05) is 54.9 Å². The van der Waals surface area contributed by atoms with Crippen LogP contribution in [-0.4, -0.2) is 10.5 Å². The van der Waals surface area contributed by atoms with Gasteiger partial charge in [-0.05, 0) is 36.2 Å². The van der Waals surface area contributed by atoms with Crippen molar-refractivity contribution in [2.45, 2.75) is 25.9 Å². The van der Waals surface area contributed by atoms with Crippen LogP contribution in [0.3, 0.4) is 0 Å². The van der Waals surface area contributed by atoms with Gasteiger partial charge in [-0.15, -0.1) is 0 Å². The highest BCUT2D eigenvalue weighted by atomic mass is 35.5. The van der Waals surface area contributed by atoms with Gasteiger partial charge in [0.2, 0.25) is 5.91 Å². The summed E-state index contributed by atoms with van der Waals surface area (Å²) in [7, 11) is 0. The molecule has 2 aromatic carbocycles. The Kier molecular flexibility index (Phi) is 5.56. The number of carbonyl (C=O) groups excluding carboxylic acids is 1. The van der Waals surface area contributed by atoms with Gasteiger partial charge in [0.15, 0.2) is 0 Å². The van der Waals surface area contributed by atoms with Crippen LogP contribution in [0.25, 0.3) is 0 Å². The Labute approximate surface area is 153 Å². The third-order valence-corrected chi connectivity index (χ3v) is 4.60. The number of hydrogen-bond acceptors (Lipinski definition) is 1. The fraction of sp³-hybridized carbons (Fsp3) is 0.190. The van der Waals surface area contributed by atoms with Crippen molar-refractivity contribution in [1.29, 1.82) is 0 Å². The standard InChI is InChI=1S/C21H21ClN2O/c1-16-7-6-9-17(13-16)20(24-11-4-5-12-24)14-21(25)23-15-18-8-2-3-10-19(18)22/h2-13,20H,14-15H2,1H3,(H,23,25). The third kappa shape index (κ3) is 4.52. The Morgan fingerprint density at radius 1 is 1.08 bits per heavy atom. The number of amides is 1. The maximum atomic E-state index is 12.5. The molecule has 0 saturated carbocycles. The number of aryl methyl sites for hydroxylation is 1. The Morgan fingerprint density at radius 3 is 2.56 bits per heavy atom. The summed E-state index contributed by atoms with van der Waals surface area (Å²) in [5, 5.41) is 3.65. The molecule has 1 amide bonds. The number of rotatable bonds is 6. The molecule has 128 valence electrons. The van der Waals surface area contributed by atoms with Crippen LogP contribution in [0.1, 0.15) is 29.2 Å². The molecule has 0 saturated heterocycles. The van der Waals surface area contributed by atoms with Crippen molar-refractivity contribution in [3.63, 3.8) is 0 Å². The van der Waals surface area contributed by atoms with Crippen LogP contribution in [0.5, 0.6) is 0 Å². The second-order valence-corrected chi connectivity index (χ2v) is 6.54. The van der Waals surface area contributed by atoms with E-state index in [-0.39, 0.29) is 11.9 Å². The highest BCUT2D eigenvalue weighted by molar-refractivity contribution is 6.31. The molecule has 0 radical (unpaired) electrons. The molecule has 1 N–H and O–H groups in total. The van der Waals surface area contributed by atoms with E-state index in [1.165, 1.54) is 5.56 Å². The van der Waals surface area contributed by atoms with Crippen molar-refractivity contribution in [3.05, 3.63) is 94.8 Å². The highest BCUT2D eigenvalue weighted by Gasteiger charge is 2.17. The van der Waals surface area contributed by atoms with Gasteiger partial charge < -0.3 is 9.88 Å². The molecule has 0 fully saturated rings. The van der Waals surface area contributed by atoms with E-state index in [2.05, 4.69) is 35.0 Å². The average molecular weight is 353 g/mol. The lowest BCUT2D eigenvalue weighted by Crippen LogP contribution is -2.26. The summed E-state index contributed by atoms with van der Waals surface area (Å²) in [6.45, 7) is 2.50. The largest absolute Gasteiger partial charge is 0.352 e. The first-order chi connectivity index (χ1) is 12.1. The zero-order valence-corrected chi connectivity index (χ0v) is 14.9. The summed E-state index contributed by atoms with van der Waals surface area (Å²) in [5.74, 6) is 0.000117. The van der Waals surface area contributed by atoms with Crippen molar-refractivity contribution in [2.75, 3.05) is 0 Å². The molecule has 0 bridgehead atoms. The zero-order valence-electron chi connectivity index (χ0n) is 14.2. The summed E-state index contributed by atoms with van der Waals surface area (Å²) in [5.41, 5.74) is 3.24. The van der Waals surface area contributed by atoms with Gasteiger partial charge in [0.25, 0.3) is 0 Å². The SMILES string of the molecule is Cc1cccc(C(CC(=O)NCc2ccccc2Cl)n2cccc2)c1. The summed E-state index contributed by atoms with van der Waals surface area (Å²) < 4.78 is 2.07. The van der Waals surface area contributed by atoms with Crippen molar-refractivity contribution in [2.24, 2.45) is 0 Å². The van der Waals surface area contributed by atoms with E-state index >= 15 is 0 Å². The second-order valence-electron chi connectivity index (χ2n) is 6.13. The Balaban J connectivity index is 1.72. The molecule has 0 aliphatic carbocycles. The van der Waals surface area contributed by atoms with Gasteiger partial charge in [0.05, 0.1) is 12.5 Å². The Bertz CT molecular complexity index is 843.